The van der Waals surface area contributed by atoms with Gasteiger partial charge in [0, 0.05) is 44.1 Å². The Morgan fingerprint density at radius 3 is 2.89 bits per heavy atom. The molecule has 2 unspecified atom stereocenters. The quantitative estimate of drug-likeness (QED) is 0.881. The van der Waals surface area contributed by atoms with Crippen LogP contribution < -0.4 is 5.32 Å². The number of hydrogen-bond donors (Lipinski definition) is 1. The summed E-state index contributed by atoms with van der Waals surface area (Å²) < 4.78 is 8.13. The lowest BCUT2D eigenvalue weighted by Crippen LogP contribution is -2.47. The Bertz CT molecular complexity index is 388. The van der Waals surface area contributed by atoms with E-state index in [2.05, 4.69) is 54.0 Å². The molecule has 1 fully saturated rings. The van der Waals surface area contributed by atoms with Gasteiger partial charge in [-0.1, -0.05) is 0 Å². The predicted octanol–water partition coefficient (Wildman–Crippen LogP) is 1.88. The van der Waals surface area contributed by atoms with Crippen LogP contribution in [0.3, 0.4) is 0 Å². The number of hydrogen-bond acceptors (Lipinski definition) is 3. The molecule has 1 saturated heterocycles. The molecule has 4 heteroatoms. The largest absolute Gasteiger partial charge is 0.374 e. The van der Waals surface area contributed by atoms with Gasteiger partial charge in [0.1, 0.15) is 0 Å². The second-order valence-electron chi connectivity index (χ2n) is 5.73. The molecule has 0 amide bonds. The van der Waals surface area contributed by atoms with Gasteiger partial charge in [-0.3, -0.25) is 4.90 Å². The van der Waals surface area contributed by atoms with Crippen LogP contribution in [-0.4, -0.2) is 48.4 Å². The van der Waals surface area contributed by atoms with Crippen LogP contribution in [-0.2, 0) is 11.3 Å². The first-order valence-corrected chi connectivity index (χ1v) is 7.28. The van der Waals surface area contributed by atoms with Crippen molar-refractivity contribution < 1.29 is 4.74 Å². The number of nitrogens with zero attached hydrogens (tertiary/aromatic N) is 2. The SMILES string of the molecule is CNC(C)c1ccn(CC2CN(C(C)C)CCO2)c1. The van der Waals surface area contributed by atoms with Crippen LogP contribution in [0.1, 0.15) is 32.4 Å². The van der Waals surface area contributed by atoms with Gasteiger partial charge in [0.2, 0.25) is 0 Å². The lowest BCUT2D eigenvalue weighted by atomic mass is 10.2. The first-order chi connectivity index (χ1) is 9.10. The molecule has 0 radical (unpaired) electrons. The first kappa shape index (κ1) is 14.6. The number of aromatic nitrogens is 1. The number of morpholine rings is 1. The molecule has 0 aromatic carbocycles. The zero-order valence-electron chi connectivity index (χ0n) is 12.6. The van der Waals surface area contributed by atoms with Crippen molar-refractivity contribution >= 4 is 0 Å². The molecule has 1 N–H and O–H groups in total. The molecule has 1 aliphatic rings. The predicted molar refractivity (Wildman–Crippen MR) is 78.4 cm³/mol. The summed E-state index contributed by atoms with van der Waals surface area (Å²) in [6.07, 6.45) is 4.68. The standard InChI is InChI=1S/C15H27N3O/c1-12(2)18-7-8-19-15(11-18)10-17-6-5-14(9-17)13(3)16-4/h5-6,9,12-13,15-16H,7-8,10-11H2,1-4H3. The normalized spacial score (nSPS) is 22.9. The highest BCUT2D eigenvalue weighted by atomic mass is 16.5. The minimum atomic E-state index is 0.307. The monoisotopic (exact) mass is 265 g/mol. The summed E-state index contributed by atoms with van der Waals surface area (Å²) in [7, 11) is 1.99. The molecule has 2 heterocycles. The van der Waals surface area contributed by atoms with Crippen LogP contribution in [0.25, 0.3) is 0 Å². The zero-order valence-corrected chi connectivity index (χ0v) is 12.6. The van der Waals surface area contributed by atoms with Gasteiger partial charge in [0.15, 0.2) is 0 Å². The smallest absolute Gasteiger partial charge is 0.0881 e. The van der Waals surface area contributed by atoms with Gasteiger partial charge in [-0.15, -0.1) is 0 Å². The van der Waals surface area contributed by atoms with Crippen molar-refractivity contribution in [1.82, 2.24) is 14.8 Å². The summed E-state index contributed by atoms with van der Waals surface area (Å²) in [5, 5.41) is 3.27. The molecular weight excluding hydrogens is 238 g/mol. The van der Waals surface area contributed by atoms with E-state index in [4.69, 9.17) is 4.74 Å². The van der Waals surface area contributed by atoms with E-state index in [1.807, 2.05) is 7.05 Å². The van der Waals surface area contributed by atoms with E-state index in [1.165, 1.54) is 5.56 Å². The molecule has 1 aliphatic heterocycles. The Hall–Kier alpha value is -0.840. The highest BCUT2D eigenvalue weighted by molar-refractivity contribution is 5.14. The van der Waals surface area contributed by atoms with E-state index in [-0.39, 0.29) is 0 Å². The average Bonchev–Trinajstić information content (AvgIpc) is 2.86. The topological polar surface area (TPSA) is 29.4 Å². The van der Waals surface area contributed by atoms with Gasteiger partial charge in [-0.2, -0.15) is 0 Å². The van der Waals surface area contributed by atoms with E-state index in [1.54, 1.807) is 0 Å². The second-order valence-corrected chi connectivity index (χ2v) is 5.73. The summed E-state index contributed by atoms with van der Waals surface area (Å²) in [6.45, 7) is 10.6. The van der Waals surface area contributed by atoms with Crippen molar-refractivity contribution in [3.8, 4) is 0 Å². The maximum Gasteiger partial charge on any atom is 0.0881 e. The third-order valence-corrected chi connectivity index (χ3v) is 4.02. The molecule has 1 aromatic rings. The molecule has 0 saturated carbocycles. The molecule has 2 atom stereocenters. The van der Waals surface area contributed by atoms with Gasteiger partial charge in [-0.05, 0) is 39.4 Å². The fourth-order valence-electron chi connectivity index (χ4n) is 2.55. The van der Waals surface area contributed by atoms with Crippen LogP contribution in [0.15, 0.2) is 18.5 Å². The van der Waals surface area contributed by atoms with Crippen LogP contribution in [0.5, 0.6) is 0 Å². The van der Waals surface area contributed by atoms with Crippen molar-refractivity contribution in [3.05, 3.63) is 24.0 Å². The van der Waals surface area contributed by atoms with Crippen molar-refractivity contribution in [2.45, 2.75) is 45.5 Å². The maximum atomic E-state index is 5.88. The Morgan fingerprint density at radius 1 is 1.42 bits per heavy atom. The maximum absolute atomic E-state index is 5.88. The summed E-state index contributed by atoms with van der Waals surface area (Å²) in [5.41, 5.74) is 1.33. The summed E-state index contributed by atoms with van der Waals surface area (Å²) in [4.78, 5) is 2.49. The first-order valence-electron chi connectivity index (χ1n) is 7.28. The van der Waals surface area contributed by atoms with Crippen molar-refractivity contribution in [2.24, 2.45) is 0 Å². The van der Waals surface area contributed by atoms with Gasteiger partial charge < -0.3 is 14.6 Å². The van der Waals surface area contributed by atoms with Gasteiger partial charge in [0.05, 0.1) is 12.7 Å². The average molecular weight is 265 g/mol. The van der Waals surface area contributed by atoms with Crippen molar-refractivity contribution in [2.75, 3.05) is 26.7 Å². The van der Waals surface area contributed by atoms with E-state index in [9.17, 15) is 0 Å². The molecule has 0 aliphatic carbocycles. The fraction of sp³-hybridized carbons (Fsp3) is 0.733. The molecule has 19 heavy (non-hydrogen) atoms. The van der Waals surface area contributed by atoms with Crippen LogP contribution in [0.4, 0.5) is 0 Å². The Labute approximate surface area is 116 Å². The lowest BCUT2D eigenvalue weighted by Gasteiger charge is -2.35. The molecule has 108 valence electrons. The summed E-state index contributed by atoms with van der Waals surface area (Å²) in [5.74, 6) is 0. The zero-order chi connectivity index (χ0) is 13.8. The van der Waals surface area contributed by atoms with Crippen LogP contribution >= 0.6 is 0 Å². The third kappa shape index (κ3) is 3.81. The van der Waals surface area contributed by atoms with Crippen LogP contribution in [0.2, 0.25) is 0 Å². The van der Waals surface area contributed by atoms with Gasteiger partial charge in [-0.25, -0.2) is 0 Å². The van der Waals surface area contributed by atoms with E-state index in [0.717, 1.165) is 26.2 Å². The van der Waals surface area contributed by atoms with Gasteiger partial charge in [0.25, 0.3) is 0 Å². The summed E-state index contributed by atoms with van der Waals surface area (Å²) in [6, 6.07) is 3.20. The fourth-order valence-corrected chi connectivity index (χ4v) is 2.55. The number of nitrogens with one attached hydrogen (secondary N) is 1. The highest BCUT2D eigenvalue weighted by Gasteiger charge is 2.22. The minimum absolute atomic E-state index is 0.307. The minimum Gasteiger partial charge on any atom is -0.374 e. The van der Waals surface area contributed by atoms with E-state index >= 15 is 0 Å². The molecule has 2 rings (SSSR count). The molecular formula is C15H27N3O. The molecule has 1 aromatic heterocycles. The van der Waals surface area contributed by atoms with Gasteiger partial charge >= 0.3 is 0 Å². The number of ether oxygens (including phenoxy) is 1. The molecule has 4 nitrogen and oxygen atoms in total. The second kappa shape index (κ2) is 6.55. The highest BCUT2D eigenvalue weighted by Crippen LogP contribution is 2.15. The van der Waals surface area contributed by atoms with Crippen molar-refractivity contribution in [1.29, 1.82) is 0 Å². The van der Waals surface area contributed by atoms with E-state index in [0.29, 0.717) is 18.2 Å². The molecule has 0 spiro atoms. The Kier molecular flexibility index (Phi) is 5.02. The third-order valence-electron chi connectivity index (χ3n) is 4.02. The summed E-state index contributed by atoms with van der Waals surface area (Å²) >= 11 is 0. The molecule has 0 bridgehead atoms. The lowest BCUT2D eigenvalue weighted by molar-refractivity contribution is -0.0455. The number of rotatable bonds is 5. The Morgan fingerprint density at radius 2 is 2.21 bits per heavy atom. The van der Waals surface area contributed by atoms with Crippen LogP contribution in [0, 0.1) is 0 Å². The van der Waals surface area contributed by atoms with Crippen molar-refractivity contribution in [3.63, 3.8) is 0 Å². The van der Waals surface area contributed by atoms with E-state index < -0.39 is 0 Å². The Balaban J connectivity index is 1.91.